The molecule has 22 heavy (non-hydrogen) atoms. The van der Waals surface area contributed by atoms with Crippen LogP contribution in [0.2, 0.25) is 0 Å². The number of hydrogen-bond acceptors (Lipinski definition) is 5. The molecule has 3 heterocycles. The molecule has 1 saturated carbocycles. The Labute approximate surface area is 128 Å². The number of likely N-dealkylation sites (N-methyl/N-ethyl adjacent to an activating group) is 1. The molecule has 6 heteroatoms. The smallest absolute Gasteiger partial charge is 0.203 e. The van der Waals surface area contributed by atoms with E-state index >= 15 is 0 Å². The van der Waals surface area contributed by atoms with E-state index < -0.39 is 0 Å². The highest BCUT2D eigenvalue weighted by Crippen LogP contribution is 2.39. The number of pyridine rings is 1. The summed E-state index contributed by atoms with van der Waals surface area (Å²) in [4.78, 5) is 11.0. The van der Waals surface area contributed by atoms with Crippen LogP contribution < -0.4 is 4.90 Å². The van der Waals surface area contributed by atoms with Gasteiger partial charge < -0.3 is 4.90 Å². The lowest BCUT2D eigenvalue weighted by molar-refractivity contribution is 0.834. The predicted octanol–water partition coefficient (Wildman–Crippen LogP) is 2.08. The lowest BCUT2D eigenvalue weighted by atomic mass is 10.2. The van der Waals surface area contributed by atoms with Crippen LogP contribution in [0.1, 0.15) is 30.3 Å². The summed E-state index contributed by atoms with van der Waals surface area (Å²) in [6.45, 7) is 0.843. The van der Waals surface area contributed by atoms with E-state index in [0.29, 0.717) is 5.92 Å². The van der Waals surface area contributed by atoms with E-state index in [1.54, 1.807) is 0 Å². The molecule has 4 rings (SSSR count). The van der Waals surface area contributed by atoms with Crippen LogP contribution in [0.4, 0.5) is 5.82 Å². The number of anilines is 1. The van der Waals surface area contributed by atoms with Crippen LogP contribution in [0.25, 0.3) is 5.65 Å². The summed E-state index contributed by atoms with van der Waals surface area (Å²) in [5, 5.41) is 8.70. The molecule has 3 aromatic heterocycles. The first-order valence-corrected chi connectivity index (χ1v) is 7.63. The van der Waals surface area contributed by atoms with Crippen LogP contribution in [0, 0.1) is 0 Å². The Bertz CT molecular complexity index is 778. The second kappa shape index (κ2) is 5.36. The molecule has 0 atom stereocenters. The van der Waals surface area contributed by atoms with Crippen molar-refractivity contribution in [3.05, 3.63) is 48.3 Å². The van der Waals surface area contributed by atoms with E-state index in [2.05, 4.69) is 29.5 Å². The van der Waals surface area contributed by atoms with Crippen LogP contribution >= 0.6 is 0 Å². The molecule has 0 saturated heterocycles. The Morgan fingerprint density at radius 3 is 2.86 bits per heavy atom. The normalized spacial score (nSPS) is 14.4. The Kier molecular flexibility index (Phi) is 3.21. The third-order valence-corrected chi connectivity index (χ3v) is 4.07. The molecule has 0 spiro atoms. The topological polar surface area (TPSA) is 59.2 Å². The lowest BCUT2D eigenvalue weighted by Crippen LogP contribution is -2.22. The molecule has 0 amide bonds. The zero-order valence-electron chi connectivity index (χ0n) is 12.6. The molecule has 1 aliphatic rings. The molecule has 0 aliphatic heterocycles. The van der Waals surface area contributed by atoms with Crippen molar-refractivity contribution >= 4 is 11.5 Å². The van der Waals surface area contributed by atoms with Gasteiger partial charge in [0.25, 0.3) is 0 Å². The number of hydrogen-bond donors (Lipinski definition) is 0. The van der Waals surface area contributed by atoms with E-state index in [4.69, 9.17) is 0 Å². The van der Waals surface area contributed by atoms with Crippen LogP contribution in [0.5, 0.6) is 0 Å². The van der Waals surface area contributed by atoms with E-state index in [1.807, 2.05) is 43.8 Å². The van der Waals surface area contributed by atoms with Gasteiger partial charge in [0.15, 0.2) is 5.82 Å². The van der Waals surface area contributed by atoms with Gasteiger partial charge in [0.05, 0.1) is 0 Å². The highest BCUT2D eigenvalue weighted by atomic mass is 15.3. The summed E-state index contributed by atoms with van der Waals surface area (Å²) >= 11 is 0. The van der Waals surface area contributed by atoms with Crippen LogP contribution in [-0.4, -0.2) is 38.2 Å². The van der Waals surface area contributed by atoms with Gasteiger partial charge in [-0.2, -0.15) is 0 Å². The van der Waals surface area contributed by atoms with Gasteiger partial charge in [-0.1, -0.05) is 6.07 Å². The molecule has 1 aliphatic carbocycles. The maximum absolute atomic E-state index is 4.49. The van der Waals surface area contributed by atoms with Crippen molar-refractivity contribution in [1.82, 2.24) is 24.6 Å². The summed E-state index contributed by atoms with van der Waals surface area (Å²) in [7, 11) is 2.04. The highest BCUT2D eigenvalue weighted by molar-refractivity contribution is 5.63. The molecule has 0 N–H and O–H groups in total. The van der Waals surface area contributed by atoms with E-state index in [-0.39, 0.29) is 0 Å². The van der Waals surface area contributed by atoms with Crippen molar-refractivity contribution in [2.45, 2.75) is 25.2 Å². The number of aromatic nitrogens is 5. The third-order valence-electron chi connectivity index (χ3n) is 4.07. The van der Waals surface area contributed by atoms with Crippen molar-refractivity contribution < 1.29 is 0 Å². The fourth-order valence-corrected chi connectivity index (χ4v) is 2.65. The van der Waals surface area contributed by atoms with E-state index in [9.17, 15) is 0 Å². The second-order valence-corrected chi connectivity index (χ2v) is 5.77. The summed E-state index contributed by atoms with van der Waals surface area (Å²) < 4.78 is 2.08. The molecule has 0 aromatic carbocycles. The largest absolute Gasteiger partial charge is 0.356 e. The molecule has 6 nitrogen and oxygen atoms in total. The number of nitrogens with zero attached hydrogens (tertiary/aromatic N) is 6. The van der Waals surface area contributed by atoms with Crippen LogP contribution in [0.3, 0.4) is 0 Å². The van der Waals surface area contributed by atoms with Crippen molar-refractivity contribution in [3.8, 4) is 0 Å². The fourth-order valence-electron chi connectivity index (χ4n) is 2.65. The third kappa shape index (κ3) is 2.41. The van der Waals surface area contributed by atoms with Crippen molar-refractivity contribution in [2.24, 2.45) is 0 Å². The lowest BCUT2D eigenvalue weighted by Gasteiger charge is -2.18. The Balaban J connectivity index is 1.57. The summed E-state index contributed by atoms with van der Waals surface area (Å²) in [5.74, 6) is 2.51. The van der Waals surface area contributed by atoms with Gasteiger partial charge in [-0.15, -0.1) is 10.2 Å². The molecule has 112 valence electrons. The molecule has 3 aromatic rings. The standard InChI is InChI=1S/C16H18N6/c1-21(10-7-13-4-2-3-8-17-13)15-16-20-19-14(12-5-6-12)22(16)11-9-18-15/h2-4,8-9,11-12H,5-7,10H2,1H3. The first-order valence-electron chi connectivity index (χ1n) is 7.63. The monoisotopic (exact) mass is 294 g/mol. The predicted molar refractivity (Wildman–Crippen MR) is 84.0 cm³/mol. The zero-order valence-corrected chi connectivity index (χ0v) is 12.6. The van der Waals surface area contributed by atoms with Gasteiger partial charge in [0, 0.05) is 50.2 Å². The molecule has 0 unspecified atom stereocenters. The number of rotatable bonds is 5. The SMILES string of the molecule is CN(CCc1ccccn1)c1nccn2c(C3CC3)nnc12. The Morgan fingerprint density at radius 2 is 2.09 bits per heavy atom. The second-order valence-electron chi connectivity index (χ2n) is 5.77. The van der Waals surface area contributed by atoms with Gasteiger partial charge in [-0.25, -0.2) is 4.98 Å². The summed E-state index contributed by atoms with van der Waals surface area (Å²) in [5.41, 5.74) is 1.93. The van der Waals surface area contributed by atoms with Gasteiger partial charge in [0.1, 0.15) is 5.82 Å². The van der Waals surface area contributed by atoms with Gasteiger partial charge in [-0.3, -0.25) is 9.38 Å². The number of fused-ring (bicyclic) bond motifs is 1. The van der Waals surface area contributed by atoms with E-state index in [0.717, 1.165) is 35.9 Å². The highest BCUT2D eigenvalue weighted by Gasteiger charge is 2.29. The summed E-state index contributed by atoms with van der Waals surface area (Å²) in [6.07, 6.45) is 8.92. The minimum Gasteiger partial charge on any atom is -0.356 e. The fraction of sp³-hybridized carbons (Fsp3) is 0.375. The van der Waals surface area contributed by atoms with Crippen molar-refractivity contribution in [1.29, 1.82) is 0 Å². The van der Waals surface area contributed by atoms with Gasteiger partial charge in [0.2, 0.25) is 5.65 Å². The molecule has 0 bridgehead atoms. The first kappa shape index (κ1) is 13.2. The minimum absolute atomic E-state index is 0.573. The summed E-state index contributed by atoms with van der Waals surface area (Å²) in [6, 6.07) is 6.00. The van der Waals surface area contributed by atoms with Crippen LogP contribution in [0.15, 0.2) is 36.8 Å². The Hall–Kier alpha value is -2.50. The van der Waals surface area contributed by atoms with Crippen molar-refractivity contribution in [2.75, 3.05) is 18.5 Å². The average Bonchev–Trinajstić information content (AvgIpc) is 3.32. The van der Waals surface area contributed by atoms with Crippen LogP contribution in [-0.2, 0) is 6.42 Å². The quantitative estimate of drug-likeness (QED) is 0.721. The maximum Gasteiger partial charge on any atom is 0.203 e. The van der Waals surface area contributed by atoms with Crippen molar-refractivity contribution in [3.63, 3.8) is 0 Å². The van der Waals surface area contributed by atoms with Gasteiger partial charge in [-0.05, 0) is 25.0 Å². The Morgan fingerprint density at radius 1 is 1.18 bits per heavy atom. The molecular weight excluding hydrogens is 276 g/mol. The zero-order chi connectivity index (χ0) is 14.9. The molecule has 0 radical (unpaired) electrons. The van der Waals surface area contributed by atoms with E-state index in [1.165, 1.54) is 12.8 Å². The maximum atomic E-state index is 4.49. The first-order chi connectivity index (χ1) is 10.8. The molecule has 1 fully saturated rings. The minimum atomic E-state index is 0.573. The molecular formula is C16H18N6. The van der Waals surface area contributed by atoms with Gasteiger partial charge >= 0.3 is 0 Å². The average molecular weight is 294 g/mol.